The standard InChI is InChI=1S/C25H34FN5O4/c1-15(2)20(27-12-7-13-28-24(33)34-25(4,5)6)21-29-22-19(16(3)30-35-22)23(32)31(21)14-17-8-10-18(26)11-9-17/h8-11,15,20,27H,7,12-14H2,1-6H3,(H,28,33). The minimum absolute atomic E-state index is 0.0849. The molecule has 2 N–H and O–H groups in total. The lowest BCUT2D eigenvalue weighted by atomic mass is 10.0. The summed E-state index contributed by atoms with van der Waals surface area (Å²) < 4.78 is 25.6. The van der Waals surface area contributed by atoms with Crippen molar-refractivity contribution in [1.29, 1.82) is 0 Å². The minimum Gasteiger partial charge on any atom is -0.444 e. The largest absolute Gasteiger partial charge is 0.444 e. The van der Waals surface area contributed by atoms with Gasteiger partial charge in [-0.15, -0.1) is 0 Å². The lowest BCUT2D eigenvalue weighted by Crippen LogP contribution is -2.37. The molecule has 3 rings (SSSR count). The van der Waals surface area contributed by atoms with Crippen molar-refractivity contribution in [2.24, 2.45) is 5.92 Å². The number of carbonyl (C=O) groups is 1. The van der Waals surface area contributed by atoms with Crippen molar-refractivity contribution >= 4 is 17.2 Å². The number of aromatic nitrogens is 3. The molecule has 0 saturated heterocycles. The maximum absolute atomic E-state index is 13.5. The molecule has 2 heterocycles. The van der Waals surface area contributed by atoms with Crippen LogP contribution in [0.15, 0.2) is 33.6 Å². The Morgan fingerprint density at radius 2 is 1.89 bits per heavy atom. The first kappa shape index (κ1) is 26.3. The molecule has 35 heavy (non-hydrogen) atoms. The summed E-state index contributed by atoms with van der Waals surface area (Å²) in [6.07, 6.45) is 0.188. The van der Waals surface area contributed by atoms with E-state index in [0.717, 1.165) is 5.56 Å². The molecule has 190 valence electrons. The molecule has 0 bridgehead atoms. The highest BCUT2D eigenvalue weighted by atomic mass is 19.1. The first-order valence-corrected chi connectivity index (χ1v) is 11.8. The Hall–Kier alpha value is -3.27. The molecule has 1 amide bonds. The van der Waals surface area contributed by atoms with E-state index in [-0.39, 0.29) is 35.6 Å². The first-order chi connectivity index (χ1) is 16.5. The summed E-state index contributed by atoms with van der Waals surface area (Å²) in [7, 11) is 0. The second-order valence-corrected chi connectivity index (χ2v) is 9.89. The van der Waals surface area contributed by atoms with E-state index in [1.54, 1.807) is 23.6 Å². The van der Waals surface area contributed by atoms with Crippen LogP contribution in [0.5, 0.6) is 0 Å². The van der Waals surface area contributed by atoms with Gasteiger partial charge in [0, 0.05) is 6.54 Å². The zero-order valence-electron chi connectivity index (χ0n) is 21.1. The average Bonchev–Trinajstić information content (AvgIpc) is 3.13. The third kappa shape index (κ3) is 6.88. The van der Waals surface area contributed by atoms with E-state index in [1.807, 2.05) is 34.6 Å². The summed E-state index contributed by atoms with van der Waals surface area (Å²) in [5.41, 5.74) is 0.625. The summed E-state index contributed by atoms with van der Waals surface area (Å²) in [5.74, 6) is 0.256. The highest BCUT2D eigenvalue weighted by molar-refractivity contribution is 5.74. The summed E-state index contributed by atoms with van der Waals surface area (Å²) in [4.78, 5) is 30.0. The van der Waals surface area contributed by atoms with Crippen LogP contribution in [0.3, 0.4) is 0 Å². The number of ether oxygens (including phenoxy) is 1. The van der Waals surface area contributed by atoms with Gasteiger partial charge in [-0.1, -0.05) is 31.1 Å². The monoisotopic (exact) mass is 487 g/mol. The van der Waals surface area contributed by atoms with E-state index in [2.05, 4.69) is 20.8 Å². The maximum Gasteiger partial charge on any atom is 0.407 e. The number of fused-ring (bicyclic) bond motifs is 1. The Balaban J connectivity index is 1.82. The lowest BCUT2D eigenvalue weighted by molar-refractivity contribution is 0.0527. The Labute approximate surface area is 204 Å². The van der Waals surface area contributed by atoms with E-state index in [0.29, 0.717) is 36.4 Å². The second kappa shape index (κ2) is 11.0. The second-order valence-electron chi connectivity index (χ2n) is 9.89. The number of nitrogens with zero attached hydrogens (tertiary/aromatic N) is 3. The molecule has 0 aliphatic rings. The van der Waals surface area contributed by atoms with Gasteiger partial charge in [0.25, 0.3) is 11.3 Å². The number of hydrogen-bond acceptors (Lipinski definition) is 7. The van der Waals surface area contributed by atoms with Crippen molar-refractivity contribution in [3.8, 4) is 0 Å². The Bertz CT molecular complexity index is 1210. The molecule has 0 spiro atoms. The van der Waals surface area contributed by atoms with Gasteiger partial charge in [0.15, 0.2) is 0 Å². The molecule has 0 aliphatic heterocycles. The van der Waals surface area contributed by atoms with E-state index in [9.17, 15) is 14.0 Å². The molecular weight excluding hydrogens is 453 g/mol. The quantitative estimate of drug-likeness (QED) is 0.438. The molecule has 1 atom stereocenters. The van der Waals surface area contributed by atoms with Crippen molar-refractivity contribution in [2.45, 2.75) is 66.2 Å². The molecular formula is C25H34FN5O4. The highest BCUT2D eigenvalue weighted by Gasteiger charge is 2.25. The number of aryl methyl sites for hydroxylation is 1. The van der Waals surface area contributed by atoms with Gasteiger partial charge in [-0.3, -0.25) is 9.36 Å². The Morgan fingerprint density at radius 1 is 1.20 bits per heavy atom. The van der Waals surface area contributed by atoms with Crippen molar-refractivity contribution in [3.63, 3.8) is 0 Å². The van der Waals surface area contributed by atoms with Gasteiger partial charge in [-0.05, 0) is 64.3 Å². The Morgan fingerprint density at radius 3 is 2.51 bits per heavy atom. The van der Waals surface area contributed by atoms with Crippen molar-refractivity contribution in [1.82, 2.24) is 25.3 Å². The molecule has 0 radical (unpaired) electrons. The van der Waals surface area contributed by atoms with Gasteiger partial charge in [0.2, 0.25) is 0 Å². The third-order valence-electron chi connectivity index (χ3n) is 5.38. The van der Waals surface area contributed by atoms with Crippen molar-refractivity contribution in [3.05, 3.63) is 57.5 Å². The van der Waals surface area contributed by atoms with Crippen LogP contribution in [0.1, 0.15) is 64.2 Å². The van der Waals surface area contributed by atoms with Crippen LogP contribution in [0, 0.1) is 18.7 Å². The maximum atomic E-state index is 13.5. The van der Waals surface area contributed by atoms with Crippen molar-refractivity contribution in [2.75, 3.05) is 13.1 Å². The fourth-order valence-electron chi connectivity index (χ4n) is 3.72. The number of benzene rings is 1. The number of hydrogen-bond donors (Lipinski definition) is 2. The lowest BCUT2D eigenvalue weighted by Gasteiger charge is -2.25. The molecule has 9 nitrogen and oxygen atoms in total. The van der Waals surface area contributed by atoms with Crippen molar-refractivity contribution < 1.29 is 18.4 Å². The average molecular weight is 488 g/mol. The smallest absolute Gasteiger partial charge is 0.407 e. The molecule has 1 unspecified atom stereocenters. The number of nitrogens with one attached hydrogen (secondary N) is 2. The topological polar surface area (TPSA) is 111 Å². The minimum atomic E-state index is -0.553. The highest BCUT2D eigenvalue weighted by Crippen LogP contribution is 2.23. The molecule has 0 aliphatic carbocycles. The predicted octanol–water partition coefficient (Wildman–Crippen LogP) is 4.08. The molecule has 0 saturated carbocycles. The first-order valence-electron chi connectivity index (χ1n) is 11.8. The SMILES string of the molecule is Cc1noc2nc(C(NCCCNC(=O)OC(C)(C)C)C(C)C)n(Cc3ccc(F)cc3)c(=O)c12. The fraction of sp³-hybridized carbons (Fsp3) is 0.520. The summed E-state index contributed by atoms with van der Waals surface area (Å²) in [5, 5.41) is 10.4. The fourth-order valence-corrected chi connectivity index (χ4v) is 3.72. The molecule has 3 aromatic rings. The normalized spacial score (nSPS) is 12.8. The number of amides is 1. The van der Waals surface area contributed by atoms with Crippen LogP contribution in [-0.2, 0) is 11.3 Å². The molecule has 2 aromatic heterocycles. The summed E-state index contributed by atoms with van der Waals surface area (Å²) >= 11 is 0. The number of alkyl carbamates (subject to hydrolysis) is 1. The van der Waals surface area contributed by atoms with Gasteiger partial charge < -0.3 is 19.9 Å². The van der Waals surface area contributed by atoms with E-state index in [1.165, 1.54) is 12.1 Å². The summed E-state index contributed by atoms with van der Waals surface area (Å²) in [6.45, 7) is 12.4. The zero-order valence-corrected chi connectivity index (χ0v) is 21.1. The predicted molar refractivity (Wildman–Crippen MR) is 131 cm³/mol. The van der Waals surface area contributed by atoms with Gasteiger partial charge >= 0.3 is 6.09 Å². The number of carbonyl (C=O) groups excluding carboxylic acids is 1. The van der Waals surface area contributed by atoms with Crippen LogP contribution < -0.4 is 16.2 Å². The van der Waals surface area contributed by atoms with Crippen LogP contribution >= 0.6 is 0 Å². The van der Waals surface area contributed by atoms with Gasteiger partial charge in [0.05, 0.1) is 18.3 Å². The van der Waals surface area contributed by atoms with Crippen LogP contribution in [-0.4, -0.2) is 39.5 Å². The Kier molecular flexibility index (Phi) is 8.26. The van der Waals surface area contributed by atoms with E-state index < -0.39 is 11.7 Å². The van der Waals surface area contributed by atoms with Crippen LogP contribution in [0.4, 0.5) is 9.18 Å². The van der Waals surface area contributed by atoms with Gasteiger partial charge in [-0.2, -0.15) is 4.98 Å². The van der Waals surface area contributed by atoms with Crippen LogP contribution in [0.2, 0.25) is 0 Å². The third-order valence-corrected chi connectivity index (χ3v) is 5.38. The molecule has 0 fully saturated rings. The summed E-state index contributed by atoms with van der Waals surface area (Å²) in [6, 6.07) is 5.76. The molecule has 1 aromatic carbocycles. The van der Waals surface area contributed by atoms with Gasteiger partial charge in [0.1, 0.15) is 22.6 Å². The van der Waals surface area contributed by atoms with Gasteiger partial charge in [-0.25, -0.2) is 9.18 Å². The van der Waals surface area contributed by atoms with Crippen LogP contribution in [0.25, 0.3) is 11.1 Å². The molecule has 10 heteroatoms. The van der Waals surface area contributed by atoms with E-state index >= 15 is 0 Å². The number of halogens is 1. The zero-order chi connectivity index (χ0) is 25.8. The number of rotatable bonds is 9. The van der Waals surface area contributed by atoms with E-state index in [4.69, 9.17) is 9.26 Å².